The van der Waals surface area contributed by atoms with Crippen molar-refractivity contribution in [3.8, 4) is 0 Å². The molecule has 79 valence electrons. The number of carboxylic acids is 1. The van der Waals surface area contributed by atoms with Gasteiger partial charge in [-0.2, -0.15) is 0 Å². The molecule has 1 rings (SSSR count). The minimum atomic E-state index is -1.19. The maximum Gasteiger partial charge on any atom is 0.249 e. The van der Waals surface area contributed by atoms with Crippen LogP contribution in [0.5, 0.6) is 0 Å². The molecule has 0 saturated heterocycles. The molecule has 0 saturated carbocycles. The van der Waals surface area contributed by atoms with Gasteiger partial charge < -0.3 is 14.8 Å². The largest absolute Gasteiger partial charge is 0.521 e. The van der Waals surface area contributed by atoms with Gasteiger partial charge in [0, 0.05) is 39.3 Å². The topological polar surface area (TPSA) is 40.5 Å². The van der Waals surface area contributed by atoms with Gasteiger partial charge in [0.2, 0.25) is 5.97 Å². The van der Waals surface area contributed by atoms with Gasteiger partial charge in [-0.15, -0.1) is 6.58 Å². The first kappa shape index (κ1) is 14.5. The molecule has 15 heavy (non-hydrogen) atoms. The van der Waals surface area contributed by atoms with E-state index in [1.165, 1.54) is 4.90 Å². The molecule has 0 aromatic heterocycles. The number of carboxylic acid groups (broad SMARTS) is 1. The molecule has 1 aliphatic heterocycles. The molecular formula is C10H11FNO2Y-. The minimum Gasteiger partial charge on any atom is -0.521 e. The van der Waals surface area contributed by atoms with Crippen molar-refractivity contribution in [2.24, 2.45) is 0 Å². The molecule has 1 N–H and O–H groups in total. The van der Waals surface area contributed by atoms with E-state index in [4.69, 9.17) is 5.11 Å². The van der Waals surface area contributed by atoms with E-state index in [1.807, 2.05) is 6.92 Å². The Morgan fingerprint density at radius 2 is 2.33 bits per heavy atom. The number of allylic oxidation sites excluding steroid dienone is 1. The molecule has 1 aliphatic rings. The first-order chi connectivity index (χ1) is 6.56. The number of hydrogen-bond donors (Lipinski definition) is 1. The summed E-state index contributed by atoms with van der Waals surface area (Å²) in [6.45, 7) is 5.92. The van der Waals surface area contributed by atoms with Crippen LogP contribution in [-0.2, 0) is 37.5 Å². The van der Waals surface area contributed by atoms with Gasteiger partial charge in [0.05, 0.1) is 5.83 Å². The molecule has 0 bridgehead atoms. The minimum absolute atomic E-state index is 0. The van der Waals surface area contributed by atoms with Crippen LogP contribution in [0.4, 0.5) is 4.39 Å². The average Bonchev–Trinajstić information content (AvgIpc) is 2.12. The van der Waals surface area contributed by atoms with Crippen LogP contribution in [0.15, 0.2) is 29.8 Å². The van der Waals surface area contributed by atoms with Crippen LogP contribution < -0.4 is 0 Å². The summed E-state index contributed by atoms with van der Waals surface area (Å²) in [5.41, 5.74) is -0.0137. The van der Waals surface area contributed by atoms with Crippen molar-refractivity contribution in [1.82, 2.24) is 4.90 Å². The Morgan fingerprint density at radius 1 is 1.73 bits per heavy atom. The molecule has 0 amide bonds. The van der Waals surface area contributed by atoms with Crippen molar-refractivity contribution in [3.63, 3.8) is 0 Å². The first-order valence-corrected chi connectivity index (χ1v) is 4.27. The second kappa shape index (κ2) is 6.18. The van der Waals surface area contributed by atoms with E-state index < -0.39 is 11.8 Å². The molecule has 0 atom stereocenters. The number of rotatable bonds is 3. The fourth-order valence-electron chi connectivity index (χ4n) is 1.11. The van der Waals surface area contributed by atoms with E-state index in [9.17, 15) is 9.18 Å². The molecule has 0 aromatic carbocycles. The van der Waals surface area contributed by atoms with Crippen molar-refractivity contribution < 1.29 is 47.0 Å². The summed E-state index contributed by atoms with van der Waals surface area (Å²) < 4.78 is 13.2. The monoisotopic (exact) mass is 285 g/mol. The second-order valence-electron chi connectivity index (χ2n) is 2.92. The Kier molecular flexibility index (Phi) is 5.99. The molecule has 0 unspecified atom stereocenters. The fraction of sp³-hybridized carbons (Fsp3) is 0.300. The van der Waals surface area contributed by atoms with Crippen LogP contribution in [0.1, 0.15) is 13.3 Å². The number of aliphatic carboxylic acids is 1. The Morgan fingerprint density at radius 3 is 2.80 bits per heavy atom. The molecule has 0 fully saturated rings. The summed E-state index contributed by atoms with van der Waals surface area (Å²) >= 11 is 0. The fourth-order valence-corrected chi connectivity index (χ4v) is 1.11. The molecular weight excluding hydrogens is 274 g/mol. The summed E-state index contributed by atoms with van der Waals surface area (Å²) in [5.74, 6) is -1.80. The van der Waals surface area contributed by atoms with Crippen LogP contribution in [0.2, 0.25) is 0 Å². The number of hydrogen-bond acceptors (Lipinski definition) is 2. The van der Waals surface area contributed by atoms with E-state index in [2.05, 4.69) is 12.8 Å². The molecule has 0 aromatic rings. The predicted octanol–water partition coefficient (Wildman–Crippen LogP) is 1.85. The molecule has 1 heterocycles. The summed E-state index contributed by atoms with van der Waals surface area (Å²) in [5, 5.41) is 8.66. The zero-order valence-corrected chi connectivity index (χ0v) is 11.3. The Bertz CT molecular complexity index is 336. The summed E-state index contributed by atoms with van der Waals surface area (Å²) in [6, 6.07) is 0. The van der Waals surface area contributed by atoms with Gasteiger partial charge in [0.15, 0.2) is 0 Å². The normalized spacial score (nSPS) is 15.3. The van der Waals surface area contributed by atoms with Crippen LogP contribution >= 0.6 is 0 Å². The van der Waals surface area contributed by atoms with Crippen LogP contribution in [0.3, 0.4) is 0 Å². The van der Waals surface area contributed by atoms with E-state index in [0.29, 0.717) is 6.54 Å². The number of carbonyl (C=O) groups is 1. The Balaban J connectivity index is 0.00000196. The molecule has 5 heteroatoms. The van der Waals surface area contributed by atoms with Gasteiger partial charge in [-0.05, 0) is 17.7 Å². The van der Waals surface area contributed by atoms with Gasteiger partial charge >= 0.3 is 0 Å². The molecule has 0 aliphatic carbocycles. The van der Waals surface area contributed by atoms with E-state index in [0.717, 1.165) is 12.5 Å². The third-order valence-corrected chi connectivity index (χ3v) is 1.81. The molecule has 0 spiro atoms. The van der Waals surface area contributed by atoms with E-state index in [1.54, 1.807) is 0 Å². The SMILES string of the molecule is C=C1C(F)=CC(C(=O)O)=[C-]N1CCC.[Y]. The molecule has 3 nitrogen and oxygen atoms in total. The van der Waals surface area contributed by atoms with Crippen molar-refractivity contribution in [1.29, 1.82) is 0 Å². The van der Waals surface area contributed by atoms with Crippen molar-refractivity contribution in [2.45, 2.75) is 13.3 Å². The third-order valence-electron chi connectivity index (χ3n) is 1.81. The van der Waals surface area contributed by atoms with Crippen molar-refractivity contribution >= 4 is 5.97 Å². The van der Waals surface area contributed by atoms with Crippen molar-refractivity contribution in [2.75, 3.05) is 6.54 Å². The first-order valence-electron chi connectivity index (χ1n) is 4.27. The maximum atomic E-state index is 13.2. The molecule has 1 radical (unpaired) electrons. The van der Waals surface area contributed by atoms with Crippen LogP contribution in [-0.4, -0.2) is 22.5 Å². The maximum absolute atomic E-state index is 13.2. The zero-order valence-electron chi connectivity index (χ0n) is 8.46. The van der Waals surface area contributed by atoms with E-state index >= 15 is 0 Å². The number of halogens is 1. The smallest absolute Gasteiger partial charge is 0.249 e. The Labute approximate surface area is 113 Å². The summed E-state index contributed by atoms with van der Waals surface area (Å²) in [7, 11) is 0. The van der Waals surface area contributed by atoms with Gasteiger partial charge in [-0.3, -0.25) is 0 Å². The second-order valence-corrected chi connectivity index (χ2v) is 2.92. The van der Waals surface area contributed by atoms with Crippen LogP contribution in [0, 0.1) is 6.20 Å². The van der Waals surface area contributed by atoms with Crippen molar-refractivity contribution in [3.05, 3.63) is 36.0 Å². The predicted molar refractivity (Wildman–Crippen MR) is 49.7 cm³/mol. The third kappa shape index (κ3) is 3.54. The van der Waals surface area contributed by atoms with Gasteiger partial charge in [0.25, 0.3) is 0 Å². The van der Waals surface area contributed by atoms with Gasteiger partial charge in [-0.1, -0.05) is 19.2 Å². The summed E-state index contributed by atoms with van der Waals surface area (Å²) in [6.07, 6.45) is 4.27. The quantitative estimate of drug-likeness (QED) is 0.804. The number of nitrogens with zero attached hydrogens (tertiary/aromatic N) is 1. The van der Waals surface area contributed by atoms with E-state index in [-0.39, 0.29) is 44.0 Å². The summed E-state index contributed by atoms with van der Waals surface area (Å²) in [4.78, 5) is 12.0. The standard InChI is InChI=1S/C10H11FNO2.Y/c1-3-4-12-6-8(10(13)14)5-9(11)7(12)2;/h5H,2-4H2,1H3,(H,13,14);/q-1;. The van der Waals surface area contributed by atoms with Gasteiger partial charge in [0.1, 0.15) is 0 Å². The zero-order chi connectivity index (χ0) is 10.7. The van der Waals surface area contributed by atoms with Crippen LogP contribution in [0.25, 0.3) is 0 Å². The van der Waals surface area contributed by atoms with Gasteiger partial charge in [-0.25, -0.2) is 4.39 Å². The Hall–Kier alpha value is -0.476. The average molecular weight is 285 g/mol.